The van der Waals surface area contributed by atoms with E-state index in [0.29, 0.717) is 5.92 Å². The summed E-state index contributed by atoms with van der Waals surface area (Å²) in [6.45, 7) is 9.00. The lowest BCUT2D eigenvalue weighted by molar-refractivity contribution is 0.932. The van der Waals surface area contributed by atoms with Crippen molar-refractivity contribution in [3.05, 3.63) is 13.8 Å². The van der Waals surface area contributed by atoms with Crippen molar-refractivity contribution >= 4 is 0 Å². The fourth-order valence-corrected chi connectivity index (χ4v) is 0. The molecule has 0 nitrogen and oxygen atoms in total. The van der Waals surface area contributed by atoms with Gasteiger partial charge in [-0.1, -0.05) is 20.8 Å². The first kappa shape index (κ1) is 4.00. The maximum Gasteiger partial charge on any atom is -0.0443 e. The van der Waals surface area contributed by atoms with Crippen molar-refractivity contribution in [2.75, 3.05) is 0 Å². The van der Waals surface area contributed by atoms with Crippen LogP contribution in [-0.2, 0) is 0 Å². The van der Waals surface area contributed by atoms with E-state index in [-0.39, 0.29) is 0 Å². The molecular formula is C4H8. The third-order valence-corrected chi connectivity index (χ3v) is 0. The second-order valence-electron chi connectivity index (χ2n) is 1.11. The molecule has 0 fully saturated rings. The van der Waals surface area contributed by atoms with E-state index in [1.54, 1.807) is 0 Å². The van der Waals surface area contributed by atoms with E-state index in [9.17, 15) is 0 Å². The average Bonchev–Trinajstić information content (AvgIpc) is 0.811. The van der Waals surface area contributed by atoms with Crippen LogP contribution in [0.1, 0.15) is 6.92 Å². The van der Waals surface area contributed by atoms with Crippen LogP contribution in [0.5, 0.6) is 0 Å². The van der Waals surface area contributed by atoms with Crippen LogP contribution in [0.4, 0.5) is 0 Å². The van der Waals surface area contributed by atoms with Gasteiger partial charge < -0.3 is 0 Å². The summed E-state index contributed by atoms with van der Waals surface area (Å²) in [5.74, 6) is 0.333. The molecule has 0 rings (SSSR count). The van der Waals surface area contributed by atoms with E-state index in [1.165, 1.54) is 0 Å². The molecule has 0 unspecified atom stereocenters. The van der Waals surface area contributed by atoms with Gasteiger partial charge in [0, 0.05) is 0 Å². The van der Waals surface area contributed by atoms with Crippen molar-refractivity contribution in [1.29, 1.82) is 0 Å². The topological polar surface area (TPSA) is 0 Å². The summed E-state index contributed by atoms with van der Waals surface area (Å²) in [6, 6.07) is 0. The van der Waals surface area contributed by atoms with Gasteiger partial charge in [-0.25, -0.2) is 0 Å². The fourth-order valence-electron chi connectivity index (χ4n) is 0. The van der Waals surface area contributed by atoms with E-state index in [1.807, 2.05) is 6.92 Å². The summed E-state index contributed by atoms with van der Waals surface area (Å²) >= 11 is 0. The Hall–Kier alpha value is 0. The number of hydrogen-bond donors (Lipinski definition) is 0. The zero-order chi connectivity index (χ0) is 3.58. The first-order valence-electron chi connectivity index (χ1n) is 1.39. The first-order chi connectivity index (χ1) is 1.73. The van der Waals surface area contributed by atoms with Gasteiger partial charge in [-0.05, 0) is 5.92 Å². The second-order valence-corrected chi connectivity index (χ2v) is 1.11. The Balaban J connectivity index is 2.32. The van der Waals surface area contributed by atoms with Crippen molar-refractivity contribution < 1.29 is 0 Å². The lowest BCUT2D eigenvalue weighted by Crippen LogP contribution is -1.68. The summed E-state index contributed by atoms with van der Waals surface area (Å²) in [6.07, 6.45) is 0. The predicted octanol–water partition coefficient (Wildman–Crippen LogP) is 1.29. The fraction of sp³-hybridized carbons (Fsp3) is 0.500. The summed E-state index contributed by atoms with van der Waals surface area (Å²) in [7, 11) is 0. The predicted molar refractivity (Wildman–Crippen MR) is 19.9 cm³/mol. The lowest BCUT2D eigenvalue weighted by atomic mass is 10.3. The van der Waals surface area contributed by atoms with Crippen molar-refractivity contribution in [1.82, 2.24) is 0 Å². The Labute approximate surface area is 27.8 Å². The molecule has 0 bridgehead atoms. The largest absolute Gasteiger partial charge is 0.0625 e. The summed E-state index contributed by atoms with van der Waals surface area (Å²) < 4.78 is 0. The van der Waals surface area contributed by atoms with Crippen LogP contribution < -0.4 is 0 Å². The molecule has 0 N–H and O–H groups in total. The molecule has 0 saturated carbocycles. The highest BCUT2D eigenvalue weighted by atomic mass is 13.7. The molecule has 0 aliphatic rings. The molecule has 0 heteroatoms. The van der Waals surface area contributed by atoms with Crippen LogP contribution in [0.3, 0.4) is 0 Å². The maximum absolute atomic E-state index is 3.53. The van der Waals surface area contributed by atoms with Gasteiger partial charge in [-0.15, -0.1) is 0 Å². The van der Waals surface area contributed by atoms with E-state index in [2.05, 4.69) is 13.8 Å². The van der Waals surface area contributed by atoms with E-state index in [0.717, 1.165) is 0 Å². The Bertz CT molecular complexity index is 4.75. The second kappa shape index (κ2) is 1.33. The molecule has 0 spiro atoms. The zero-order valence-corrected chi connectivity index (χ0v) is 2.99. The Morgan fingerprint density at radius 2 is 1.50 bits per heavy atom. The quantitative estimate of drug-likeness (QED) is 0.392. The number of rotatable bonds is 0. The van der Waals surface area contributed by atoms with E-state index < -0.39 is 0 Å². The summed E-state index contributed by atoms with van der Waals surface area (Å²) in [5.41, 5.74) is 0. The van der Waals surface area contributed by atoms with Crippen LogP contribution >= 0.6 is 0 Å². The van der Waals surface area contributed by atoms with Gasteiger partial charge in [0.25, 0.3) is 0 Å². The maximum atomic E-state index is 3.53. The highest BCUT2D eigenvalue weighted by Gasteiger charge is 1.68. The molecule has 0 aliphatic carbocycles. The monoisotopic (exact) mass is 56.1 g/mol. The molecule has 0 atom stereocenters. The Morgan fingerprint density at radius 1 is 1.50 bits per heavy atom. The third-order valence-electron chi connectivity index (χ3n) is 0. The van der Waals surface area contributed by atoms with Crippen molar-refractivity contribution in [3.63, 3.8) is 0 Å². The van der Waals surface area contributed by atoms with Gasteiger partial charge in [-0.3, -0.25) is 0 Å². The molecule has 24 valence electrons. The Kier molecular flexibility index (Phi) is 1.33. The summed E-state index contributed by atoms with van der Waals surface area (Å²) in [4.78, 5) is 0. The molecule has 4 heavy (non-hydrogen) atoms. The van der Waals surface area contributed by atoms with Gasteiger partial charge >= 0.3 is 0 Å². The molecule has 0 aromatic carbocycles. The highest BCUT2D eigenvalue weighted by Crippen LogP contribution is 1.79. The number of hydrogen-bond acceptors (Lipinski definition) is 0. The van der Waals surface area contributed by atoms with Crippen LogP contribution in [0.25, 0.3) is 0 Å². The van der Waals surface area contributed by atoms with Crippen molar-refractivity contribution in [2.45, 2.75) is 6.92 Å². The van der Waals surface area contributed by atoms with Gasteiger partial charge in [-0.2, -0.15) is 0 Å². The highest BCUT2D eigenvalue weighted by molar-refractivity contribution is 4.51. The molecule has 0 heterocycles. The lowest BCUT2D eigenvalue weighted by Gasteiger charge is -1.78. The Morgan fingerprint density at radius 3 is 1.50 bits per heavy atom. The van der Waals surface area contributed by atoms with Crippen molar-refractivity contribution in [2.24, 2.45) is 5.92 Å². The zero-order valence-electron chi connectivity index (χ0n) is 2.99. The average molecular weight is 56.1 g/mol. The minimum atomic E-state index is 0.333. The SMILES string of the molecule is [CH2]C([CH2])C. The van der Waals surface area contributed by atoms with E-state index >= 15 is 0 Å². The first-order valence-corrected chi connectivity index (χ1v) is 1.39. The van der Waals surface area contributed by atoms with Crippen LogP contribution in [0.15, 0.2) is 0 Å². The van der Waals surface area contributed by atoms with Crippen LogP contribution in [-0.4, -0.2) is 0 Å². The van der Waals surface area contributed by atoms with Gasteiger partial charge in [0.15, 0.2) is 0 Å². The van der Waals surface area contributed by atoms with E-state index in [4.69, 9.17) is 0 Å². The van der Waals surface area contributed by atoms with Crippen LogP contribution in [0, 0.1) is 19.8 Å². The van der Waals surface area contributed by atoms with Gasteiger partial charge in [0.1, 0.15) is 0 Å². The smallest absolute Gasteiger partial charge is 0.0443 e. The third kappa shape index (κ3) is 0. The molecule has 0 aromatic heterocycles. The standard InChI is InChI=1S/C4H8/c1-4(2)3/h4H,1-2H2,3H3. The van der Waals surface area contributed by atoms with Crippen LogP contribution in [0.2, 0.25) is 0 Å². The minimum absolute atomic E-state index is 0.333. The van der Waals surface area contributed by atoms with Gasteiger partial charge in [0.2, 0.25) is 0 Å². The van der Waals surface area contributed by atoms with Crippen molar-refractivity contribution in [3.8, 4) is 0 Å². The normalized spacial score (nSPS) is 9.00. The molecule has 0 amide bonds. The molecule has 0 aliphatic heterocycles. The molecule has 0 aromatic rings. The minimum Gasteiger partial charge on any atom is -0.0625 e. The summed E-state index contributed by atoms with van der Waals surface area (Å²) in [5, 5.41) is 0. The molecule has 2 radical (unpaired) electrons. The van der Waals surface area contributed by atoms with Gasteiger partial charge in [0.05, 0.1) is 0 Å². The molecule has 0 saturated heterocycles. The molecular weight excluding hydrogens is 48.0 g/mol.